The standard InChI is InChI=1S/C29H28F2N6O4/c1-19-3-6-21(7-4-19)28-34-27(35-41-28)23-9-5-20(15-24(23)31)16-26(40-18-38)33-29(39)37-12-2-11-36(13-14-37)25-10-8-22(30)17-32-25/h3-10,15,17-18,26H,2,11-14,16H2,1H3,(H,33,39). The summed E-state index contributed by atoms with van der Waals surface area (Å²) in [6.07, 6.45) is 0.857. The lowest BCUT2D eigenvalue weighted by atomic mass is 10.1. The fraction of sp³-hybridized carbons (Fsp3) is 0.276. The summed E-state index contributed by atoms with van der Waals surface area (Å²) in [5, 5.41) is 6.61. The van der Waals surface area contributed by atoms with E-state index in [4.69, 9.17) is 9.26 Å². The molecule has 1 aliphatic rings. The predicted molar refractivity (Wildman–Crippen MR) is 146 cm³/mol. The average Bonchev–Trinajstić information content (AvgIpc) is 3.31. The molecule has 1 fully saturated rings. The Bertz CT molecular complexity index is 1500. The number of rotatable bonds is 8. The summed E-state index contributed by atoms with van der Waals surface area (Å²) in [7, 11) is 0. The molecule has 1 saturated heterocycles. The number of pyridine rings is 1. The zero-order valence-corrected chi connectivity index (χ0v) is 22.3. The van der Waals surface area contributed by atoms with Crippen LogP contribution >= 0.6 is 0 Å². The van der Waals surface area contributed by atoms with E-state index in [1.54, 1.807) is 17.0 Å². The zero-order chi connectivity index (χ0) is 28.8. The number of nitrogens with zero attached hydrogens (tertiary/aromatic N) is 5. The van der Waals surface area contributed by atoms with Gasteiger partial charge in [0.1, 0.15) is 17.5 Å². The molecule has 212 valence electrons. The van der Waals surface area contributed by atoms with Crippen molar-refractivity contribution in [2.75, 3.05) is 31.1 Å². The number of hydrogen-bond donors (Lipinski definition) is 1. The molecule has 4 aromatic rings. The van der Waals surface area contributed by atoms with E-state index in [-0.39, 0.29) is 30.2 Å². The molecule has 2 amide bonds. The molecule has 5 rings (SSSR count). The van der Waals surface area contributed by atoms with Crippen LogP contribution in [0.2, 0.25) is 0 Å². The number of amides is 2. The highest BCUT2D eigenvalue weighted by atomic mass is 19.1. The maximum absolute atomic E-state index is 15.1. The van der Waals surface area contributed by atoms with Gasteiger partial charge >= 0.3 is 6.03 Å². The fourth-order valence-corrected chi connectivity index (χ4v) is 4.56. The Hall–Kier alpha value is -4.87. The number of hydrogen-bond acceptors (Lipinski definition) is 8. The van der Waals surface area contributed by atoms with Crippen LogP contribution in [-0.4, -0.2) is 64.9 Å². The molecule has 2 aromatic heterocycles. The molecule has 10 nitrogen and oxygen atoms in total. The number of carbonyl (C=O) groups is 2. The molecule has 1 atom stereocenters. The van der Waals surface area contributed by atoms with Crippen LogP contribution in [-0.2, 0) is 16.0 Å². The van der Waals surface area contributed by atoms with Gasteiger partial charge in [-0.3, -0.25) is 4.79 Å². The topological polar surface area (TPSA) is 114 Å². The average molecular weight is 563 g/mol. The Morgan fingerprint density at radius 3 is 2.66 bits per heavy atom. The van der Waals surface area contributed by atoms with Gasteiger partial charge in [0, 0.05) is 38.2 Å². The van der Waals surface area contributed by atoms with Crippen LogP contribution < -0.4 is 10.2 Å². The first-order valence-corrected chi connectivity index (χ1v) is 13.1. The monoisotopic (exact) mass is 562 g/mol. The summed E-state index contributed by atoms with van der Waals surface area (Å²) in [4.78, 5) is 36.2. The number of aryl methyl sites for hydroxylation is 1. The lowest BCUT2D eigenvalue weighted by molar-refractivity contribution is -0.134. The number of benzene rings is 2. The Kier molecular flexibility index (Phi) is 8.47. The molecule has 0 bridgehead atoms. The highest BCUT2D eigenvalue weighted by Crippen LogP contribution is 2.25. The normalized spacial score (nSPS) is 14.3. The van der Waals surface area contributed by atoms with Gasteiger partial charge in [-0.1, -0.05) is 28.9 Å². The molecule has 1 aliphatic heterocycles. The summed E-state index contributed by atoms with van der Waals surface area (Å²) in [6.45, 7) is 4.21. The lowest BCUT2D eigenvalue weighted by Gasteiger charge is -2.25. The van der Waals surface area contributed by atoms with Gasteiger partial charge < -0.3 is 24.4 Å². The van der Waals surface area contributed by atoms with Gasteiger partial charge in [0.25, 0.3) is 12.4 Å². The Morgan fingerprint density at radius 2 is 1.93 bits per heavy atom. The van der Waals surface area contributed by atoms with Crippen LogP contribution in [0.3, 0.4) is 0 Å². The number of ether oxygens (including phenoxy) is 1. The minimum absolute atomic E-state index is 0.0437. The summed E-state index contributed by atoms with van der Waals surface area (Å²) in [6, 6.07) is 14.5. The van der Waals surface area contributed by atoms with Crippen molar-refractivity contribution in [1.29, 1.82) is 0 Å². The van der Waals surface area contributed by atoms with E-state index in [1.165, 1.54) is 18.2 Å². The second kappa shape index (κ2) is 12.5. The van der Waals surface area contributed by atoms with E-state index in [1.807, 2.05) is 36.1 Å². The molecule has 3 heterocycles. The number of nitrogens with one attached hydrogen (secondary N) is 1. The van der Waals surface area contributed by atoms with Gasteiger partial charge in [0.05, 0.1) is 11.8 Å². The van der Waals surface area contributed by atoms with Gasteiger partial charge in [-0.25, -0.2) is 18.6 Å². The molecule has 1 unspecified atom stereocenters. The molecule has 2 aromatic carbocycles. The fourth-order valence-electron chi connectivity index (χ4n) is 4.56. The van der Waals surface area contributed by atoms with Gasteiger partial charge in [-0.2, -0.15) is 4.98 Å². The van der Waals surface area contributed by atoms with Crippen LogP contribution in [0.1, 0.15) is 17.5 Å². The Labute approximate surface area is 234 Å². The van der Waals surface area contributed by atoms with E-state index in [0.717, 1.165) is 17.3 Å². The van der Waals surface area contributed by atoms with Crippen molar-refractivity contribution >= 4 is 18.3 Å². The Morgan fingerprint density at radius 1 is 1.10 bits per heavy atom. The molecule has 12 heteroatoms. The number of urea groups is 1. The molecular formula is C29H28F2N6O4. The van der Waals surface area contributed by atoms with Crippen molar-refractivity contribution in [3.8, 4) is 22.8 Å². The first-order valence-electron chi connectivity index (χ1n) is 13.1. The maximum Gasteiger partial charge on any atom is 0.320 e. The van der Waals surface area contributed by atoms with Gasteiger partial charge in [0.2, 0.25) is 5.82 Å². The number of halogens is 2. The molecule has 0 radical (unpaired) electrons. The summed E-state index contributed by atoms with van der Waals surface area (Å²) in [5.41, 5.74) is 2.45. The predicted octanol–water partition coefficient (Wildman–Crippen LogP) is 4.35. The molecular weight excluding hydrogens is 534 g/mol. The van der Waals surface area contributed by atoms with E-state index >= 15 is 4.39 Å². The second-order valence-corrected chi connectivity index (χ2v) is 9.64. The third kappa shape index (κ3) is 6.83. The van der Waals surface area contributed by atoms with E-state index in [9.17, 15) is 14.0 Å². The highest BCUT2D eigenvalue weighted by Gasteiger charge is 2.23. The highest BCUT2D eigenvalue weighted by molar-refractivity contribution is 5.74. The molecule has 0 saturated carbocycles. The first kappa shape index (κ1) is 27.7. The summed E-state index contributed by atoms with van der Waals surface area (Å²) >= 11 is 0. The van der Waals surface area contributed by atoms with Crippen molar-refractivity contribution < 1.29 is 27.6 Å². The third-order valence-corrected chi connectivity index (χ3v) is 6.74. The van der Waals surface area contributed by atoms with Gasteiger partial charge in [-0.05, 0) is 55.3 Å². The maximum atomic E-state index is 15.1. The van der Waals surface area contributed by atoms with Crippen molar-refractivity contribution in [3.63, 3.8) is 0 Å². The number of aromatic nitrogens is 3. The first-order chi connectivity index (χ1) is 19.9. The van der Waals surface area contributed by atoms with Crippen molar-refractivity contribution in [2.45, 2.75) is 26.0 Å². The van der Waals surface area contributed by atoms with Crippen molar-refractivity contribution in [1.82, 2.24) is 25.3 Å². The van der Waals surface area contributed by atoms with Crippen molar-refractivity contribution in [2.24, 2.45) is 0 Å². The third-order valence-electron chi connectivity index (χ3n) is 6.74. The van der Waals surface area contributed by atoms with E-state index in [2.05, 4.69) is 20.4 Å². The minimum Gasteiger partial charge on any atom is -0.443 e. The lowest BCUT2D eigenvalue weighted by Crippen LogP contribution is -2.47. The minimum atomic E-state index is -1.01. The largest absolute Gasteiger partial charge is 0.443 e. The van der Waals surface area contributed by atoms with Crippen LogP contribution in [0.4, 0.5) is 19.4 Å². The Balaban J connectivity index is 1.21. The summed E-state index contributed by atoms with van der Waals surface area (Å²) < 4.78 is 38.7. The van der Waals surface area contributed by atoms with Gasteiger partial charge in [-0.15, -0.1) is 0 Å². The molecule has 0 aliphatic carbocycles. The SMILES string of the molecule is Cc1ccc(-c2nc(-c3ccc(CC(NC(=O)N4CCCN(c5ccc(F)cn5)CC4)OC=O)cc3F)no2)cc1. The van der Waals surface area contributed by atoms with E-state index < -0.39 is 23.9 Å². The van der Waals surface area contributed by atoms with Crippen LogP contribution in [0.5, 0.6) is 0 Å². The number of anilines is 1. The second-order valence-electron chi connectivity index (χ2n) is 9.64. The van der Waals surface area contributed by atoms with E-state index in [0.29, 0.717) is 44.0 Å². The molecule has 41 heavy (non-hydrogen) atoms. The van der Waals surface area contributed by atoms with Crippen molar-refractivity contribution in [3.05, 3.63) is 83.6 Å². The quantitative estimate of drug-likeness (QED) is 0.249. The van der Waals surface area contributed by atoms with Crippen LogP contribution in [0.15, 0.2) is 65.3 Å². The van der Waals surface area contributed by atoms with Crippen LogP contribution in [0, 0.1) is 18.6 Å². The zero-order valence-electron chi connectivity index (χ0n) is 22.3. The van der Waals surface area contributed by atoms with Crippen LogP contribution in [0.25, 0.3) is 22.8 Å². The van der Waals surface area contributed by atoms with Gasteiger partial charge in [0.15, 0.2) is 6.23 Å². The molecule has 1 N–H and O–H groups in total. The molecule has 0 spiro atoms. The smallest absolute Gasteiger partial charge is 0.320 e. The summed E-state index contributed by atoms with van der Waals surface area (Å²) in [5.74, 6) is 0.00804. The number of carbonyl (C=O) groups excluding carboxylic acids is 2.